The first-order chi connectivity index (χ1) is 14.6. The molecule has 30 heavy (non-hydrogen) atoms. The highest BCUT2D eigenvalue weighted by Crippen LogP contribution is 2.34. The number of amides is 1. The van der Waals surface area contributed by atoms with Crippen molar-refractivity contribution in [3.8, 4) is 5.75 Å². The van der Waals surface area contributed by atoms with Gasteiger partial charge in [0.05, 0.1) is 42.5 Å². The van der Waals surface area contributed by atoms with E-state index in [-0.39, 0.29) is 11.9 Å². The molecule has 0 bridgehead atoms. The lowest BCUT2D eigenvalue weighted by atomic mass is 10.1. The standard InChI is InChI=1S/C21H24ClN5O3/c1-13-24-10-14(11-25-13)17(27-5-7-30-8-6-27)12-26-21(28)16-9-18(29-2)20-15(19(16)22)3-4-23-20/h3-4,9-11,17,23H,5-8,12H2,1-2H3,(H,26,28)/t17-/m1/s1. The van der Waals surface area contributed by atoms with Gasteiger partial charge < -0.3 is 19.8 Å². The van der Waals surface area contributed by atoms with E-state index in [4.69, 9.17) is 21.1 Å². The predicted octanol–water partition coefficient (Wildman–Crippen LogP) is 2.73. The topological polar surface area (TPSA) is 92.4 Å². The van der Waals surface area contributed by atoms with Gasteiger partial charge in [-0.05, 0) is 19.1 Å². The summed E-state index contributed by atoms with van der Waals surface area (Å²) in [5.74, 6) is 1.02. The molecular weight excluding hydrogens is 406 g/mol. The second-order valence-corrected chi connectivity index (χ2v) is 7.52. The van der Waals surface area contributed by atoms with Crippen molar-refractivity contribution in [2.45, 2.75) is 13.0 Å². The number of rotatable bonds is 6. The van der Waals surface area contributed by atoms with E-state index < -0.39 is 0 Å². The Morgan fingerprint density at radius 1 is 1.37 bits per heavy atom. The van der Waals surface area contributed by atoms with Crippen LogP contribution in [0.5, 0.6) is 5.75 Å². The van der Waals surface area contributed by atoms with E-state index in [0.717, 1.165) is 29.6 Å². The molecule has 0 saturated carbocycles. The molecule has 0 spiro atoms. The largest absolute Gasteiger partial charge is 0.495 e. The summed E-state index contributed by atoms with van der Waals surface area (Å²) < 4.78 is 10.9. The third-order valence-corrected chi connectivity index (χ3v) is 5.74. The summed E-state index contributed by atoms with van der Waals surface area (Å²) in [6, 6.07) is 3.43. The average Bonchev–Trinajstić information content (AvgIpc) is 3.27. The Bertz CT molecular complexity index is 1030. The highest BCUT2D eigenvalue weighted by molar-refractivity contribution is 6.38. The number of H-pyrrole nitrogens is 1. The first-order valence-electron chi connectivity index (χ1n) is 9.80. The lowest BCUT2D eigenvalue weighted by Gasteiger charge is -2.34. The molecule has 1 saturated heterocycles. The van der Waals surface area contributed by atoms with Crippen molar-refractivity contribution >= 4 is 28.4 Å². The number of benzene rings is 1. The van der Waals surface area contributed by atoms with Gasteiger partial charge >= 0.3 is 0 Å². The zero-order valence-electron chi connectivity index (χ0n) is 16.9. The molecule has 1 fully saturated rings. The second-order valence-electron chi connectivity index (χ2n) is 7.14. The molecule has 0 unspecified atom stereocenters. The van der Waals surface area contributed by atoms with Gasteiger partial charge in [-0.15, -0.1) is 0 Å². The van der Waals surface area contributed by atoms with Gasteiger partial charge in [0, 0.05) is 49.2 Å². The smallest absolute Gasteiger partial charge is 0.253 e. The molecule has 4 rings (SSSR count). The average molecular weight is 430 g/mol. The number of carbonyl (C=O) groups excluding carboxylic acids is 1. The van der Waals surface area contributed by atoms with Crippen LogP contribution in [0.4, 0.5) is 0 Å². The number of hydrogen-bond acceptors (Lipinski definition) is 6. The molecule has 158 valence electrons. The first-order valence-corrected chi connectivity index (χ1v) is 10.2. The number of morpholine rings is 1. The quantitative estimate of drug-likeness (QED) is 0.626. The number of methoxy groups -OCH3 is 1. The summed E-state index contributed by atoms with van der Waals surface area (Å²) in [6.07, 6.45) is 5.40. The van der Waals surface area contributed by atoms with Gasteiger partial charge in [-0.1, -0.05) is 11.6 Å². The minimum Gasteiger partial charge on any atom is -0.495 e. The van der Waals surface area contributed by atoms with E-state index in [1.165, 1.54) is 0 Å². The van der Waals surface area contributed by atoms with Crippen molar-refractivity contribution < 1.29 is 14.3 Å². The maximum absolute atomic E-state index is 13.0. The summed E-state index contributed by atoms with van der Waals surface area (Å²) in [6.45, 7) is 5.11. The molecule has 1 atom stereocenters. The third-order valence-electron chi connectivity index (χ3n) is 5.33. The molecule has 2 N–H and O–H groups in total. The zero-order chi connectivity index (χ0) is 21.1. The molecule has 1 aromatic carbocycles. The summed E-state index contributed by atoms with van der Waals surface area (Å²) in [5, 5.41) is 4.17. The number of aryl methyl sites for hydroxylation is 1. The van der Waals surface area contributed by atoms with Gasteiger partial charge in [0.2, 0.25) is 0 Å². The van der Waals surface area contributed by atoms with Crippen molar-refractivity contribution in [2.75, 3.05) is 40.0 Å². The molecular formula is C21H24ClN5O3. The van der Waals surface area contributed by atoms with Gasteiger partial charge in [-0.2, -0.15) is 0 Å². The van der Waals surface area contributed by atoms with E-state index in [2.05, 4.69) is 25.2 Å². The van der Waals surface area contributed by atoms with Crippen LogP contribution in [-0.4, -0.2) is 65.7 Å². The molecule has 1 amide bonds. The summed E-state index contributed by atoms with van der Waals surface area (Å²) in [7, 11) is 1.57. The number of aromatic amines is 1. The predicted molar refractivity (Wildman–Crippen MR) is 114 cm³/mol. The molecule has 0 aliphatic carbocycles. The molecule has 9 heteroatoms. The van der Waals surface area contributed by atoms with Crippen molar-refractivity contribution in [3.05, 3.63) is 52.7 Å². The number of ether oxygens (including phenoxy) is 2. The van der Waals surface area contributed by atoms with Gasteiger partial charge in [0.25, 0.3) is 5.91 Å². The number of halogens is 1. The number of nitrogens with one attached hydrogen (secondary N) is 2. The second kappa shape index (κ2) is 8.99. The zero-order valence-corrected chi connectivity index (χ0v) is 17.7. The lowest BCUT2D eigenvalue weighted by Crippen LogP contribution is -2.44. The van der Waals surface area contributed by atoms with Crippen LogP contribution in [0.25, 0.3) is 10.9 Å². The van der Waals surface area contributed by atoms with Crippen molar-refractivity contribution in [3.63, 3.8) is 0 Å². The Morgan fingerprint density at radius 3 is 2.80 bits per heavy atom. The number of carbonyl (C=O) groups is 1. The van der Waals surface area contributed by atoms with Crippen LogP contribution in [-0.2, 0) is 4.74 Å². The van der Waals surface area contributed by atoms with E-state index in [9.17, 15) is 4.79 Å². The number of fused-ring (bicyclic) bond motifs is 1. The van der Waals surface area contributed by atoms with E-state index >= 15 is 0 Å². The molecule has 1 aliphatic heterocycles. The Balaban J connectivity index is 1.57. The summed E-state index contributed by atoms with van der Waals surface area (Å²) >= 11 is 6.52. The fraction of sp³-hybridized carbons (Fsp3) is 0.381. The highest BCUT2D eigenvalue weighted by Gasteiger charge is 2.25. The van der Waals surface area contributed by atoms with E-state index in [1.807, 2.05) is 25.4 Å². The number of hydrogen-bond donors (Lipinski definition) is 2. The normalized spacial score (nSPS) is 15.8. The van der Waals surface area contributed by atoms with Gasteiger partial charge in [0.15, 0.2) is 0 Å². The van der Waals surface area contributed by atoms with Crippen molar-refractivity contribution in [1.82, 2.24) is 25.2 Å². The van der Waals surface area contributed by atoms with Gasteiger partial charge in [-0.25, -0.2) is 9.97 Å². The minimum atomic E-state index is -0.257. The maximum atomic E-state index is 13.0. The maximum Gasteiger partial charge on any atom is 0.253 e. The summed E-state index contributed by atoms with van der Waals surface area (Å²) in [4.78, 5) is 27.0. The molecule has 8 nitrogen and oxygen atoms in total. The Hall–Kier alpha value is -2.68. The molecule has 2 aromatic heterocycles. The van der Waals surface area contributed by atoms with Gasteiger partial charge in [0.1, 0.15) is 11.6 Å². The number of aromatic nitrogens is 3. The fourth-order valence-electron chi connectivity index (χ4n) is 3.70. The monoisotopic (exact) mass is 429 g/mol. The van der Waals surface area contributed by atoms with E-state index in [1.54, 1.807) is 19.4 Å². The minimum absolute atomic E-state index is 0.0601. The molecule has 3 aromatic rings. The van der Waals surface area contributed by atoms with Crippen LogP contribution in [0.3, 0.4) is 0 Å². The number of nitrogens with zero attached hydrogens (tertiary/aromatic N) is 3. The lowest BCUT2D eigenvalue weighted by molar-refractivity contribution is 0.0161. The van der Waals surface area contributed by atoms with Crippen LogP contribution in [0, 0.1) is 6.92 Å². The van der Waals surface area contributed by atoms with Crippen LogP contribution in [0.15, 0.2) is 30.7 Å². The first kappa shape index (κ1) is 20.6. The molecule has 0 radical (unpaired) electrons. The summed E-state index contributed by atoms with van der Waals surface area (Å²) in [5.41, 5.74) is 2.09. The van der Waals surface area contributed by atoms with Crippen molar-refractivity contribution in [2.24, 2.45) is 0 Å². The third kappa shape index (κ3) is 4.12. The van der Waals surface area contributed by atoms with Gasteiger partial charge in [-0.3, -0.25) is 9.69 Å². The molecule has 3 heterocycles. The fourth-order valence-corrected chi connectivity index (χ4v) is 4.00. The van der Waals surface area contributed by atoms with Crippen LogP contribution < -0.4 is 10.1 Å². The SMILES string of the molecule is COc1cc(C(=O)NC[C@H](c2cnc(C)nc2)N2CCOCC2)c(Cl)c2cc[nH]c12. The van der Waals surface area contributed by atoms with Crippen LogP contribution >= 0.6 is 11.6 Å². The van der Waals surface area contributed by atoms with Crippen molar-refractivity contribution in [1.29, 1.82) is 0 Å². The van der Waals surface area contributed by atoms with E-state index in [0.29, 0.717) is 41.9 Å². The molecule has 1 aliphatic rings. The Labute approximate surface area is 179 Å². The highest BCUT2D eigenvalue weighted by atomic mass is 35.5. The van der Waals surface area contributed by atoms with Crippen LogP contribution in [0.2, 0.25) is 5.02 Å². The Morgan fingerprint density at radius 2 is 2.10 bits per heavy atom. The Kier molecular flexibility index (Phi) is 6.17. The van der Waals surface area contributed by atoms with Crippen LogP contribution in [0.1, 0.15) is 27.8 Å².